The molecule has 5 nitrogen and oxygen atoms in total. The highest BCUT2D eigenvalue weighted by molar-refractivity contribution is 5.81. The second kappa shape index (κ2) is 9.18. The van der Waals surface area contributed by atoms with Gasteiger partial charge in [-0.25, -0.2) is 0 Å². The number of benzene rings is 1. The Bertz CT molecular complexity index is 596. The molecule has 0 N–H and O–H groups in total. The number of carbonyl (C=O) groups is 1. The number of amides is 1. The minimum absolute atomic E-state index is 0.365. The molecule has 0 spiro atoms. The van der Waals surface area contributed by atoms with Gasteiger partial charge in [-0.2, -0.15) is 0 Å². The van der Waals surface area contributed by atoms with Crippen LogP contribution in [-0.2, 0) is 11.3 Å². The molecule has 0 atom stereocenters. The van der Waals surface area contributed by atoms with Crippen molar-refractivity contribution in [3.05, 3.63) is 35.9 Å². The van der Waals surface area contributed by atoms with E-state index in [-0.39, 0.29) is 0 Å². The summed E-state index contributed by atoms with van der Waals surface area (Å²) in [7, 11) is 0. The fourth-order valence-electron chi connectivity index (χ4n) is 4.30. The second-order valence-corrected chi connectivity index (χ2v) is 8.40. The van der Waals surface area contributed by atoms with Gasteiger partial charge in [0.2, 0.25) is 5.91 Å². The van der Waals surface area contributed by atoms with E-state index in [2.05, 4.69) is 49.9 Å². The molecule has 0 bridgehead atoms. The van der Waals surface area contributed by atoms with E-state index in [4.69, 9.17) is 0 Å². The largest absolute Gasteiger partial charge is 0.341 e. The van der Waals surface area contributed by atoms with Gasteiger partial charge < -0.3 is 9.80 Å². The molecular formula is C22H34N4O. The van der Waals surface area contributed by atoms with Gasteiger partial charge in [0.25, 0.3) is 0 Å². The van der Waals surface area contributed by atoms with Crippen LogP contribution >= 0.6 is 0 Å². The minimum Gasteiger partial charge on any atom is -0.341 e. The SMILES string of the molecule is O=C(C1CC1)N1CCCN(CCN2CCN(Cc3ccccc3)CC2)CC1. The standard InChI is InChI=1S/C22H34N4O/c27-22(21-7-8-21)26-10-4-9-23(17-18-26)11-12-24-13-15-25(16-14-24)19-20-5-2-1-3-6-20/h1-3,5-6,21H,4,7-19H2. The molecule has 3 fully saturated rings. The van der Waals surface area contributed by atoms with Gasteiger partial charge in [0.1, 0.15) is 0 Å². The summed E-state index contributed by atoms with van der Waals surface area (Å²) in [6.07, 6.45) is 3.37. The molecule has 2 aliphatic heterocycles. The van der Waals surface area contributed by atoms with Crippen molar-refractivity contribution in [1.29, 1.82) is 0 Å². The number of hydrogen-bond donors (Lipinski definition) is 0. The van der Waals surface area contributed by atoms with E-state index in [1.807, 2.05) is 0 Å². The lowest BCUT2D eigenvalue weighted by atomic mass is 10.2. The molecule has 27 heavy (non-hydrogen) atoms. The van der Waals surface area contributed by atoms with Crippen LogP contribution in [0.2, 0.25) is 0 Å². The van der Waals surface area contributed by atoms with Gasteiger partial charge >= 0.3 is 0 Å². The maximum atomic E-state index is 12.3. The first-order valence-corrected chi connectivity index (χ1v) is 10.8. The minimum atomic E-state index is 0.365. The van der Waals surface area contributed by atoms with E-state index >= 15 is 0 Å². The molecule has 148 valence electrons. The van der Waals surface area contributed by atoms with E-state index < -0.39 is 0 Å². The Morgan fingerprint density at radius 3 is 2.11 bits per heavy atom. The molecule has 0 unspecified atom stereocenters. The van der Waals surface area contributed by atoms with Gasteiger partial charge in [0, 0.05) is 71.4 Å². The third kappa shape index (κ3) is 5.53. The Morgan fingerprint density at radius 2 is 1.41 bits per heavy atom. The van der Waals surface area contributed by atoms with E-state index in [1.165, 1.54) is 31.7 Å². The summed E-state index contributed by atoms with van der Waals surface area (Å²) in [5.74, 6) is 0.787. The Morgan fingerprint density at radius 1 is 0.778 bits per heavy atom. The van der Waals surface area contributed by atoms with Gasteiger partial charge in [-0.1, -0.05) is 30.3 Å². The average Bonchev–Trinajstić information content (AvgIpc) is 3.55. The zero-order valence-electron chi connectivity index (χ0n) is 16.6. The van der Waals surface area contributed by atoms with Crippen LogP contribution in [0.1, 0.15) is 24.8 Å². The highest BCUT2D eigenvalue weighted by Crippen LogP contribution is 2.31. The summed E-state index contributed by atoms with van der Waals surface area (Å²) < 4.78 is 0. The molecule has 1 aromatic rings. The zero-order valence-corrected chi connectivity index (χ0v) is 16.6. The van der Waals surface area contributed by atoms with Gasteiger partial charge in [-0.3, -0.25) is 14.6 Å². The summed E-state index contributed by atoms with van der Waals surface area (Å²) in [6.45, 7) is 12.1. The highest BCUT2D eigenvalue weighted by atomic mass is 16.2. The third-order valence-corrected chi connectivity index (χ3v) is 6.27. The van der Waals surface area contributed by atoms with Gasteiger partial charge in [-0.05, 0) is 31.4 Å². The van der Waals surface area contributed by atoms with Crippen molar-refractivity contribution >= 4 is 5.91 Å². The molecule has 1 amide bonds. The fourth-order valence-corrected chi connectivity index (χ4v) is 4.30. The molecule has 2 heterocycles. The number of hydrogen-bond acceptors (Lipinski definition) is 4. The summed E-state index contributed by atoms with van der Waals surface area (Å²) in [4.78, 5) is 22.2. The summed E-state index contributed by atoms with van der Waals surface area (Å²) in [6, 6.07) is 10.8. The number of piperazine rings is 1. The van der Waals surface area contributed by atoms with Crippen LogP contribution in [0.3, 0.4) is 0 Å². The second-order valence-electron chi connectivity index (χ2n) is 8.40. The zero-order chi connectivity index (χ0) is 18.5. The van der Waals surface area contributed by atoms with Crippen molar-refractivity contribution < 1.29 is 4.79 Å². The van der Waals surface area contributed by atoms with Gasteiger partial charge in [0.15, 0.2) is 0 Å². The van der Waals surface area contributed by atoms with Gasteiger partial charge in [-0.15, -0.1) is 0 Å². The molecule has 1 saturated carbocycles. The molecule has 1 aliphatic carbocycles. The Labute approximate surface area is 163 Å². The first-order chi connectivity index (χ1) is 13.3. The van der Waals surface area contributed by atoms with Crippen LogP contribution in [0.15, 0.2) is 30.3 Å². The lowest BCUT2D eigenvalue weighted by Crippen LogP contribution is -2.48. The van der Waals surface area contributed by atoms with E-state index in [0.29, 0.717) is 11.8 Å². The number of nitrogens with zero attached hydrogens (tertiary/aromatic N) is 4. The van der Waals surface area contributed by atoms with E-state index in [1.54, 1.807) is 0 Å². The molecular weight excluding hydrogens is 336 g/mol. The van der Waals surface area contributed by atoms with E-state index in [9.17, 15) is 4.79 Å². The molecule has 4 rings (SSSR count). The Kier molecular flexibility index (Phi) is 6.43. The van der Waals surface area contributed by atoms with Crippen LogP contribution in [0.5, 0.6) is 0 Å². The van der Waals surface area contributed by atoms with Crippen LogP contribution in [-0.4, -0.2) is 91.0 Å². The summed E-state index contributed by atoms with van der Waals surface area (Å²) in [5, 5.41) is 0. The Hall–Kier alpha value is -1.43. The lowest BCUT2D eigenvalue weighted by molar-refractivity contribution is -0.132. The van der Waals surface area contributed by atoms with Crippen LogP contribution in [0.4, 0.5) is 0 Å². The third-order valence-electron chi connectivity index (χ3n) is 6.27. The van der Waals surface area contributed by atoms with Crippen LogP contribution in [0.25, 0.3) is 0 Å². The lowest BCUT2D eigenvalue weighted by Gasteiger charge is -2.35. The number of carbonyl (C=O) groups excluding carboxylic acids is 1. The molecule has 0 aromatic heterocycles. The molecule has 2 saturated heterocycles. The smallest absolute Gasteiger partial charge is 0.225 e. The quantitative estimate of drug-likeness (QED) is 0.763. The van der Waals surface area contributed by atoms with Crippen molar-refractivity contribution in [2.75, 3.05) is 65.4 Å². The normalized spacial score (nSPS) is 23.3. The highest BCUT2D eigenvalue weighted by Gasteiger charge is 2.33. The molecule has 5 heteroatoms. The van der Waals surface area contributed by atoms with E-state index in [0.717, 1.165) is 65.1 Å². The predicted octanol–water partition coefficient (Wildman–Crippen LogP) is 1.75. The fraction of sp³-hybridized carbons (Fsp3) is 0.682. The van der Waals surface area contributed by atoms with Gasteiger partial charge in [0.05, 0.1) is 0 Å². The van der Waals surface area contributed by atoms with Crippen molar-refractivity contribution in [3.63, 3.8) is 0 Å². The first-order valence-electron chi connectivity index (χ1n) is 10.8. The average molecular weight is 371 g/mol. The van der Waals surface area contributed by atoms with Crippen molar-refractivity contribution in [1.82, 2.24) is 19.6 Å². The molecule has 0 radical (unpaired) electrons. The Balaban J connectivity index is 1.14. The predicted molar refractivity (Wildman–Crippen MR) is 109 cm³/mol. The summed E-state index contributed by atoms with van der Waals surface area (Å²) >= 11 is 0. The van der Waals surface area contributed by atoms with Crippen molar-refractivity contribution in [3.8, 4) is 0 Å². The summed E-state index contributed by atoms with van der Waals surface area (Å²) in [5.41, 5.74) is 1.42. The van der Waals surface area contributed by atoms with Crippen molar-refractivity contribution in [2.45, 2.75) is 25.8 Å². The first kappa shape index (κ1) is 18.9. The monoisotopic (exact) mass is 370 g/mol. The van der Waals surface area contributed by atoms with Crippen molar-refractivity contribution in [2.24, 2.45) is 5.92 Å². The number of rotatable bonds is 6. The maximum Gasteiger partial charge on any atom is 0.225 e. The topological polar surface area (TPSA) is 30.0 Å². The maximum absolute atomic E-state index is 12.3. The van der Waals surface area contributed by atoms with Crippen LogP contribution < -0.4 is 0 Å². The molecule has 3 aliphatic rings. The molecule has 1 aromatic carbocycles. The van der Waals surface area contributed by atoms with Crippen LogP contribution in [0, 0.1) is 5.92 Å².